The smallest absolute Gasteiger partial charge is 0.310 e. The highest BCUT2D eigenvalue weighted by Gasteiger charge is 2.38. The molecule has 0 aliphatic carbocycles. The van der Waals surface area contributed by atoms with Gasteiger partial charge in [0.05, 0.1) is 5.41 Å². The van der Waals surface area contributed by atoms with E-state index in [9.17, 15) is 14.7 Å². The highest BCUT2D eigenvalue weighted by atomic mass is 79.9. The second-order valence-electron chi connectivity index (χ2n) is 5.42. The van der Waals surface area contributed by atoms with Crippen molar-refractivity contribution in [3.8, 4) is 0 Å². The number of rotatable bonds is 5. The molecule has 1 amide bonds. The van der Waals surface area contributed by atoms with Crippen LogP contribution in [0, 0.1) is 18.3 Å². The lowest BCUT2D eigenvalue weighted by Crippen LogP contribution is -2.37. The van der Waals surface area contributed by atoms with Crippen molar-refractivity contribution in [2.24, 2.45) is 11.3 Å². The van der Waals surface area contributed by atoms with E-state index in [0.717, 1.165) is 10.0 Å². The third kappa shape index (κ3) is 3.79. The second kappa shape index (κ2) is 6.35. The number of nitrogens with zero attached hydrogens (tertiary/aromatic N) is 1. The molecule has 0 bridgehead atoms. The van der Waals surface area contributed by atoms with Crippen LogP contribution in [0.4, 0.5) is 5.82 Å². The van der Waals surface area contributed by atoms with Gasteiger partial charge in [-0.1, -0.05) is 13.8 Å². The van der Waals surface area contributed by atoms with Crippen molar-refractivity contribution in [2.75, 3.05) is 5.32 Å². The molecule has 1 rings (SSSR count). The Hall–Kier alpha value is -1.43. The number of halogens is 1. The highest BCUT2D eigenvalue weighted by molar-refractivity contribution is 9.10. The molecule has 0 aliphatic rings. The number of carbonyl (C=O) groups is 2. The lowest BCUT2D eigenvalue weighted by atomic mass is 9.76. The number of carbonyl (C=O) groups excluding carboxylic acids is 1. The van der Waals surface area contributed by atoms with E-state index in [0.29, 0.717) is 5.82 Å². The third-order valence-corrected chi connectivity index (χ3v) is 4.44. The summed E-state index contributed by atoms with van der Waals surface area (Å²) in [6, 6.07) is 1.73. The molecule has 0 saturated heterocycles. The van der Waals surface area contributed by atoms with Crippen LogP contribution in [0.1, 0.15) is 32.8 Å². The fraction of sp³-hybridized carbons (Fsp3) is 0.500. The summed E-state index contributed by atoms with van der Waals surface area (Å²) in [6.45, 7) is 7.06. The summed E-state index contributed by atoms with van der Waals surface area (Å²) in [7, 11) is 0. The molecule has 1 unspecified atom stereocenters. The van der Waals surface area contributed by atoms with Crippen molar-refractivity contribution in [2.45, 2.75) is 34.1 Å². The number of pyridine rings is 1. The highest BCUT2D eigenvalue weighted by Crippen LogP contribution is 2.31. The van der Waals surface area contributed by atoms with Gasteiger partial charge < -0.3 is 10.4 Å². The summed E-state index contributed by atoms with van der Waals surface area (Å²) < 4.78 is 0.855. The van der Waals surface area contributed by atoms with Gasteiger partial charge in [-0.3, -0.25) is 9.59 Å². The maximum atomic E-state index is 12.0. The molecular formula is C14H19BrN2O3. The minimum atomic E-state index is -1.09. The fourth-order valence-electron chi connectivity index (χ4n) is 1.65. The maximum absolute atomic E-state index is 12.0. The van der Waals surface area contributed by atoms with Gasteiger partial charge in [0.1, 0.15) is 5.82 Å². The van der Waals surface area contributed by atoms with Crippen molar-refractivity contribution < 1.29 is 14.7 Å². The van der Waals surface area contributed by atoms with Gasteiger partial charge in [0.2, 0.25) is 5.91 Å². The molecule has 0 saturated carbocycles. The Balaban J connectivity index is 2.81. The Morgan fingerprint density at radius 1 is 1.50 bits per heavy atom. The van der Waals surface area contributed by atoms with E-state index < -0.39 is 11.4 Å². The van der Waals surface area contributed by atoms with Gasteiger partial charge in [-0.15, -0.1) is 0 Å². The van der Waals surface area contributed by atoms with Gasteiger partial charge in [-0.2, -0.15) is 0 Å². The fourth-order valence-corrected chi connectivity index (χ4v) is 1.87. The van der Waals surface area contributed by atoms with E-state index in [-0.39, 0.29) is 18.2 Å². The predicted molar refractivity (Wildman–Crippen MR) is 80.5 cm³/mol. The van der Waals surface area contributed by atoms with Crippen molar-refractivity contribution >= 4 is 33.6 Å². The first-order valence-corrected chi connectivity index (χ1v) is 7.11. The Morgan fingerprint density at radius 2 is 2.10 bits per heavy atom. The Labute approximate surface area is 126 Å². The summed E-state index contributed by atoms with van der Waals surface area (Å²) in [6.07, 6.45) is 1.51. The van der Waals surface area contributed by atoms with Crippen molar-refractivity contribution in [1.29, 1.82) is 0 Å². The van der Waals surface area contributed by atoms with E-state index in [1.807, 2.05) is 6.92 Å². The maximum Gasteiger partial charge on any atom is 0.310 e. The molecule has 1 aromatic rings. The molecule has 1 aromatic heterocycles. The lowest BCUT2D eigenvalue weighted by molar-refractivity contribution is -0.153. The minimum absolute atomic E-state index is 0.0865. The molecule has 6 heteroatoms. The third-order valence-electron chi connectivity index (χ3n) is 3.61. The molecule has 0 aromatic carbocycles. The number of aromatic nitrogens is 1. The minimum Gasteiger partial charge on any atom is -0.481 e. The number of carboxylic acid groups (broad SMARTS) is 1. The second-order valence-corrected chi connectivity index (χ2v) is 6.28. The molecule has 110 valence electrons. The zero-order chi connectivity index (χ0) is 15.5. The first-order valence-electron chi connectivity index (χ1n) is 6.32. The lowest BCUT2D eigenvalue weighted by Gasteiger charge is -2.28. The molecule has 0 aliphatic heterocycles. The van der Waals surface area contributed by atoms with Crippen LogP contribution < -0.4 is 5.32 Å². The number of nitrogens with one attached hydrogen (secondary N) is 1. The number of amides is 1. The van der Waals surface area contributed by atoms with Crippen molar-refractivity contribution in [1.82, 2.24) is 4.98 Å². The molecule has 5 nitrogen and oxygen atoms in total. The van der Waals surface area contributed by atoms with Crippen LogP contribution in [0.15, 0.2) is 16.7 Å². The van der Waals surface area contributed by atoms with Gasteiger partial charge in [0, 0.05) is 17.1 Å². The van der Waals surface area contributed by atoms with Crippen molar-refractivity contribution in [3.63, 3.8) is 0 Å². The van der Waals surface area contributed by atoms with Gasteiger partial charge in [0.15, 0.2) is 0 Å². The van der Waals surface area contributed by atoms with Crippen LogP contribution in [-0.4, -0.2) is 22.0 Å². The Kier molecular flexibility index (Phi) is 5.28. The number of carboxylic acids is 1. The van der Waals surface area contributed by atoms with Gasteiger partial charge in [-0.05, 0) is 47.3 Å². The molecule has 0 radical (unpaired) electrons. The van der Waals surface area contributed by atoms with Crippen LogP contribution in [0.2, 0.25) is 0 Å². The SMILES string of the molecule is Cc1cc(NC(=O)CC(C)(C(=O)O)C(C)C)ncc1Br. The van der Waals surface area contributed by atoms with E-state index >= 15 is 0 Å². The number of aliphatic carboxylic acids is 1. The van der Waals surface area contributed by atoms with Crippen LogP contribution in [0.3, 0.4) is 0 Å². The number of hydrogen-bond donors (Lipinski definition) is 2. The molecule has 2 N–H and O–H groups in total. The molecule has 20 heavy (non-hydrogen) atoms. The van der Waals surface area contributed by atoms with Crippen LogP contribution >= 0.6 is 15.9 Å². The Morgan fingerprint density at radius 3 is 2.55 bits per heavy atom. The van der Waals surface area contributed by atoms with Crippen LogP contribution in [-0.2, 0) is 9.59 Å². The molecular weight excluding hydrogens is 324 g/mol. The standard InChI is InChI=1S/C14H19BrN2O3/c1-8(2)14(4,13(19)20)6-12(18)17-11-5-9(3)10(15)7-16-11/h5,7-8H,6H2,1-4H3,(H,19,20)(H,16,17,18). The summed E-state index contributed by atoms with van der Waals surface area (Å²) in [5.41, 5.74) is -0.144. The normalized spacial score (nSPS) is 13.9. The Bertz CT molecular complexity index is 531. The summed E-state index contributed by atoms with van der Waals surface area (Å²) >= 11 is 3.33. The quantitative estimate of drug-likeness (QED) is 0.860. The van der Waals surface area contributed by atoms with Gasteiger partial charge >= 0.3 is 5.97 Å². The summed E-state index contributed by atoms with van der Waals surface area (Å²) in [4.78, 5) is 27.4. The summed E-state index contributed by atoms with van der Waals surface area (Å²) in [5, 5.41) is 11.9. The number of hydrogen-bond acceptors (Lipinski definition) is 3. The zero-order valence-corrected chi connectivity index (χ0v) is 13.6. The van der Waals surface area contributed by atoms with Gasteiger partial charge in [-0.25, -0.2) is 4.98 Å². The average molecular weight is 343 g/mol. The van der Waals surface area contributed by atoms with Crippen LogP contribution in [0.5, 0.6) is 0 Å². The van der Waals surface area contributed by atoms with E-state index in [4.69, 9.17) is 0 Å². The molecule has 1 heterocycles. The topological polar surface area (TPSA) is 79.3 Å². The molecule has 0 fully saturated rings. The first kappa shape index (κ1) is 16.6. The van der Waals surface area contributed by atoms with Crippen LogP contribution in [0.25, 0.3) is 0 Å². The molecule has 1 atom stereocenters. The van der Waals surface area contributed by atoms with E-state index in [2.05, 4.69) is 26.2 Å². The zero-order valence-electron chi connectivity index (χ0n) is 12.0. The monoisotopic (exact) mass is 342 g/mol. The molecule has 0 spiro atoms. The predicted octanol–water partition coefficient (Wildman–Crippen LogP) is 3.23. The largest absolute Gasteiger partial charge is 0.481 e. The van der Waals surface area contributed by atoms with Gasteiger partial charge in [0.25, 0.3) is 0 Å². The average Bonchev–Trinajstić information content (AvgIpc) is 2.33. The van der Waals surface area contributed by atoms with Crippen molar-refractivity contribution in [3.05, 3.63) is 22.3 Å². The van der Waals surface area contributed by atoms with E-state index in [1.54, 1.807) is 33.0 Å². The first-order chi connectivity index (χ1) is 9.16. The summed E-state index contributed by atoms with van der Waals surface area (Å²) in [5.74, 6) is -1.04. The van der Waals surface area contributed by atoms with E-state index in [1.165, 1.54) is 0 Å². The number of aryl methyl sites for hydroxylation is 1. The number of anilines is 1.